The van der Waals surface area contributed by atoms with E-state index >= 15 is 0 Å². The Labute approximate surface area is 196 Å². The third-order valence-electron chi connectivity index (χ3n) is 5.56. The van der Waals surface area contributed by atoms with E-state index < -0.39 is 0 Å². The molecule has 5 rings (SSSR count). The highest BCUT2D eigenvalue weighted by Gasteiger charge is 2.35. The predicted octanol–water partition coefficient (Wildman–Crippen LogP) is 4.95. The van der Waals surface area contributed by atoms with E-state index in [4.69, 9.17) is 9.52 Å². The maximum Gasteiger partial charge on any atom is 0.253 e. The van der Waals surface area contributed by atoms with Gasteiger partial charge in [0.25, 0.3) is 5.91 Å². The zero-order valence-electron chi connectivity index (χ0n) is 18.4. The smallest absolute Gasteiger partial charge is 0.253 e. The van der Waals surface area contributed by atoms with Crippen molar-refractivity contribution in [3.63, 3.8) is 0 Å². The molecule has 7 nitrogen and oxygen atoms in total. The number of hydrogen-bond donors (Lipinski definition) is 0. The first kappa shape index (κ1) is 21.2. The molecule has 0 bridgehead atoms. The van der Waals surface area contributed by atoms with Crippen LogP contribution in [0.15, 0.2) is 87.7 Å². The normalized spacial score (nSPS) is 15.6. The number of amides is 1. The second-order valence-corrected chi connectivity index (χ2v) is 8.82. The summed E-state index contributed by atoms with van der Waals surface area (Å²) < 4.78 is 7.60. The summed E-state index contributed by atoms with van der Waals surface area (Å²) in [5.74, 6) is 1.57. The number of benzene rings is 2. The van der Waals surface area contributed by atoms with E-state index in [0.717, 1.165) is 28.5 Å². The standard InChI is InChI=1S/C25H23N5O2S/c1-17-10-12-19(13-11-17)21-15-22(23-9-6-14-32-23)30(28-21)24(31)16-33-25-27-26-18(2)29(25)20-7-4-3-5-8-20/h3-14,22H,15-16H2,1-2H3. The molecule has 0 radical (unpaired) electrons. The summed E-state index contributed by atoms with van der Waals surface area (Å²) in [6, 6.07) is 21.5. The van der Waals surface area contributed by atoms with Gasteiger partial charge in [0.05, 0.1) is 17.7 Å². The van der Waals surface area contributed by atoms with Gasteiger partial charge >= 0.3 is 0 Å². The number of carbonyl (C=O) groups is 1. The molecule has 0 spiro atoms. The second-order valence-electron chi connectivity index (χ2n) is 7.88. The Balaban J connectivity index is 1.38. The monoisotopic (exact) mass is 457 g/mol. The molecule has 1 amide bonds. The van der Waals surface area contributed by atoms with Gasteiger partial charge in [-0.25, -0.2) is 5.01 Å². The summed E-state index contributed by atoms with van der Waals surface area (Å²) >= 11 is 1.35. The highest BCUT2D eigenvalue weighted by atomic mass is 32.2. The number of aryl methyl sites for hydroxylation is 2. The summed E-state index contributed by atoms with van der Waals surface area (Å²) in [7, 11) is 0. The largest absolute Gasteiger partial charge is 0.467 e. The van der Waals surface area contributed by atoms with Crippen LogP contribution >= 0.6 is 11.8 Å². The summed E-state index contributed by atoms with van der Waals surface area (Å²) in [6.07, 6.45) is 2.23. The van der Waals surface area contributed by atoms with Crippen molar-refractivity contribution in [1.82, 2.24) is 19.8 Å². The summed E-state index contributed by atoms with van der Waals surface area (Å²) in [6.45, 7) is 3.95. The molecule has 8 heteroatoms. The molecule has 166 valence electrons. The Hall–Kier alpha value is -3.65. The van der Waals surface area contributed by atoms with Crippen molar-refractivity contribution in [2.24, 2.45) is 5.10 Å². The fourth-order valence-corrected chi connectivity index (χ4v) is 4.72. The highest BCUT2D eigenvalue weighted by molar-refractivity contribution is 7.99. The lowest BCUT2D eigenvalue weighted by atomic mass is 10.0. The van der Waals surface area contributed by atoms with Crippen LogP contribution in [0.4, 0.5) is 0 Å². The molecule has 4 aromatic rings. The Morgan fingerprint density at radius 2 is 1.82 bits per heavy atom. The van der Waals surface area contributed by atoms with Crippen LogP contribution in [0.5, 0.6) is 0 Å². The molecule has 0 aliphatic carbocycles. The minimum atomic E-state index is -0.266. The number of hydrazone groups is 1. The maximum absolute atomic E-state index is 13.3. The lowest BCUT2D eigenvalue weighted by molar-refractivity contribution is -0.130. The van der Waals surface area contributed by atoms with Crippen molar-refractivity contribution < 1.29 is 9.21 Å². The fourth-order valence-electron chi connectivity index (χ4n) is 3.87. The van der Waals surface area contributed by atoms with Crippen LogP contribution < -0.4 is 0 Å². The predicted molar refractivity (Wildman–Crippen MR) is 127 cm³/mol. The van der Waals surface area contributed by atoms with Gasteiger partial charge in [-0.1, -0.05) is 59.8 Å². The maximum atomic E-state index is 13.3. The van der Waals surface area contributed by atoms with Crippen LogP contribution in [0.25, 0.3) is 5.69 Å². The van der Waals surface area contributed by atoms with Crippen molar-refractivity contribution in [2.45, 2.75) is 31.5 Å². The van der Waals surface area contributed by atoms with Gasteiger partial charge in [0.15, 0.2) is 5.16 Å². The molecule has 1 atom stereocenters. The van der Waals surface area contributed by atoms with E-state index in [0.29, 0.717) is 11.6 Å². The average molecular weight is 458 g/mol. The van der Waals surface area contributed by atoms with Crippen LogP contribution in [0.1, 0.15) is 35.2 Å². The van der Waals surface area contributed by atoms with Crippen LogP contribution in [0, 0.1) is 13.8 Å². The molecular formula is C25H23N5O2S. The minimum absolute atomic E-state index is 0.108. The van der Waals surface area contributed by atoms with Gasteiger partial charge in [-0.05, 0) is 43.7 Å². The third-order valence-corrected chi connectivity index (χ3v) is 6.47. The number of aromatic nitrogens is 3. The first-order valence-corrected chi connectivity index (χ1v) is 11.7. The molecule has 3 heterocycles. The number of rotatable bonds is 6. The van der Waals surface area contributed by atoms with Crippen LogP contribution in [0.3, 0.4) is 0 Å². The first-order valence-electron chi connectivity index (χ1n) is 10.7. The molecule has 0 N–H and O–H groups in total. The Kier molecular flexibility index (Phi) is 5.83. The number of carbonyl (C=O) groups excluding carboxylic acids is 1. The molecule has 1 aliphatic rings. The van der Waals surface area contributed by atoms with Gasteiger partial charge < -0.3 is 4.42 Å². The van der Waals surface area contributed by atoms with E-state index in [1.54, 1.807) is 11.3 Å². The SMILES string of the molecule is Cc1ccc(C2=NN(C(=O)CSc3nnc(C)n3-c3ccccc3)C(c3ccco3)C2)cc1. The second kappa shape index (κ2) is 9.07. The topological polar surface area (TPSA) is 76.5 Å². The van der Waals surface area contributed by atoms with Gasteiger partial charge in [-0.2, -0.15) is 5.10 Å². The molecule has 0 saturated carbocycles. The lowest BCUT2D eigenvalue weighted by Gasteiger charge is -2.19. The summed E-state index contributed by atoms with van der Waals surface area (Å²) in [5.41, 5.74) is 4.03. The van der Waals surface area contributed by atoms with Crippen LogP contribution in [0.2, 0.25) is 0 Å². The zero-order chi connectivity index (χ0) is 22.8. The molecule has 1 unspecified atom stereocenters. The quantitative estimate of drug-likeness (QED) is 0.383. The molecule has 2 aromatic heterocycles. The van der Waals surface area contributed by atoms with Crippen molar-refractivity contribution in [2.75, 3.05) is 5.75 Å². The first-order chi connectivity index (χ1) is 16.1. The fraction of sp³-hybridized carbons (Fsp3) is 0.200. The Bertz CT molecular complexity index is 1280. The van der Waals surface area contributed by atoms with E-state index in [-0.39, 0.29) is 17.7 Å². The zero-order valence-corrected chi connectivity index (χ0v) is 19.2. The molecule has 2 aromatic carbocycles. The van der Waals surface area contributed by atoms with E-state index in [2.05, 4.69) is 29.3 Å². The Morgan fingerprint density at radius 3 is 2.55 bits per heavy atom. The average Bonchev–Trinajstić information content (AvgIpc) is 3.58. The van der Waals surface area contributed by atoms with Crippen molar-refractivity contribution in [3.8, 4) is 5.69 Å². The molecule has 0 saturated heterocycles. The summed E-state index contributed by atoms with van der Waals surface area (Å²) in [4.78, 5) is 13.3. The molecular weight excluding hydrogens is 434 g/mol. The molecule has 0 fully saturated rings. The van der Waals surface area contributed by atoms with E-state index in [1.807, 2.05) is 66.1 Å². The highest BCUT2D eigenvalue weighted by Crippen LogP contribution is 2.34. The van der Waals surface area contributed by atoms with Gasteiger partial charge in [0, 0.05) is 12.1 Å². The summed E-state index contributed by atoms with van der Waals surface area (Å²) in [5, 5.41) is 15.4. The number of para-hydroxylation sites is 1. The molecule has 1 aliphatic heterocycles. The number of thioether (sulfide) groups is 1. The van der Waals surface area contributed by atoms with Crippen LogP contribution in [-0.2, 0) is 4.79 Å². The third kappa shape index (κ3) is 4.34. The van der Waals surface area contributed by atoms with E-state index in [9.17, 15) is 4.79 Å². The number of hydrogen-bond acceptors (Lipinski definition) is 6. The van der Waals surface area contributed by atoms with Gasteiger partial charge in [-0.15, -0.1) is 10.2 Å². The van der Waals surface area contributed by atoms with Crippen molar-refractivity contribution >= 4 is 23.4 Å². The van der Waals surface area contributed by atoms with Gasteiger partial charge in [-0.3, -0.25) is 9.36 Å². The Morgan fingerprint density at radius 1 is 1.03 bits per heavy atom. The van der Waals surface area contributed by atoms with Crippen LogP contribution in [-0.4, -0.2) is 37.1 Å². The number of furan rings is 1. The van der Waals surface area contributed by atoms with Gasteiger partial charge in [0.1, 0.15) is 17.6 Å². The van der Waals surface area contributed by atoms with Gasteiger partial charge in [0.2, 0.25) is 0 Å². The van der Waals surface area contributed by atoms with E-state index in [1.165, 1.54) is 17.3 Å². The molecule has 33 heavy (non-hydrogen) atoms. The number of nitrogens with zero attached hydrogens (tertiary/aromatic N) is 5. The lowest BCUT2D eigenvalue weighted by Crippen LogP contribution is -2.28. The van der Waals surface area contributed by atoms with Crippen molar-refractivity contribution in [3.05, 3.63) is 95.7 Å². The minimum Gasteiger partial charge on any atom is -0.467 e. The van der Waals surface area contributed by atoms with Crippen molar-refractivity contribution in [1.29, 1.82) is 0 Å².